The van der Waals surface area contributed by atoms with Crippen LogP contribution in [0.5, 0.6) is 5.75 Å². The van der Waals surface area contributed by atoms with Gasteiger partial charge in [0.2, 0.25) is 5.95 Å². The molecule has 382 valence electrons. The highest BCUT2D eigenvalue weighted by Gasteiger charge is 2.48. The normalized spacial score (nSPS) is 19.4. The fourth-order valence-electron chi connectivity index (χ4n) is 13.4. The number of fused-ring (bicyclic) bond motifs is 4. The van der Waals surface area contributed by atoms with Gasteiger partial charge in [0.05, 0.1) is 23.0 Å². The van der Waals surface area contributed by atoms with E-state index in [1.54, 1.807) is 12.1 Å². The molecule has 2 aromatic carbocycles. The number of carbonyl (C=O) groups is 1. The molecule has 71 heavy (non-hydrogen) atoms. The summed E-state index contributed by atoms with van der Waals surface area (Å²) in [4.78, 5) is 35.8. The zero-order chi connectivity index (χ0) is 51.7. The van der Waals surface area contributed by atoms with Crippen molar-refractivity contribution in [2.45, 2.75) is 180 Å². The third-order valence-electron chi connectivity index (χ3n) is 16.9. The summed E-state index contributed by atoms with van der Waals surface area (Å²) in [6, 6.07) is 5.75. The molecule has 0 saturated carbocycles. The number of anilines is 2. The Morgan fingerprint density at radius 2 is 1.32 bits per heavy atom. The van der Waals surface area contributed by atoms with Gasteiger partial charge in [0.25, 0.3) is 0 Å². The number of halogens is 2. The van der Waals surface area contributed by atoms with E-state index in [2.05, 4.69) is 116 Å². The molecule has 4 fully saturated rings. The predicted octanol–water partition coefficient (Wildman–Crippen LogP) is 13.2. The van der Waals surface area contributed by atoms with Crippen LogP contribution in [-0.2, 0) is 9.47 Å². The van der Waals surface area contributed by atoms with Gasteiger partial charge in [0.15, 0.2) is 5.82 Å². The van der Waals surface area contributed by atoms with Crippen LogP contribution >= 0.6 is 0 Å². The van der Waals surface area contributed by atoms with Crippen LogP contribution in [0, 0.1) is 40.0 Å². The van der Waals surface area contributed by atoms with E-state index in [1.165, 1.54) is 12.1 Å². The number of phenols is 1. The summed E-state index contributed by atoms with van der Waals surface area (Å²) in [6.45, 7) is 36.2. The third-order valence-corrected chi connectivity index (χ3v) is 29.4. The van der Waals surface area contributed by atoms with E-state index in [0.29, 0.717) is 106 Å². The first-order valence-electron chi connectivity index (χ1n) is 26.4. The van der Waals surface area contributed by atoms with E-state index in [1.807, 2.05) is 25.7 Å². The van der Waals surface area contributed by atoms with Gasteiger partial charge in [-0.1, -0.05) is 101 Å². The van der Waals surface area contributed by atoms with Crippen LogP contribution in [0.3, 0.4) is 0 Å². The van der Waals surface area contributed by atoms with Crippen LogP contribution in [0.25, 0.3) is 32.9 Å². The second kappa shape index (κ2) is 19.6. The minimum absolute atomic E-state index is 0.0615. The third kappa shape index (κ3) is 9.44. The number of benzene rings is 2. The number of aromatic hydroxyl groups is 1. The maximum Gasteiger partial charge on any atom is 0.410 e. The van der Waals surface area contributed by atoms with E-state index in [0.717, 1.165) is 25.7 Å². The maximum absolute atomic E-state index is 18.6. The Bertz CT molecular complexity index is 2770. The summed E-state index contributed by atoms with van der Waals surface area (Å²) in [7, 11) is -4.79. The molecule has 8 rings (SSSR count). The second-order valence-corrected chi connectivity index (χ2v) is 35.3. The highest BCUT2D eigenvalue weighted by Crippen LogP contribution is 2.47. The average molecular weight is 1010 g/mol. The summed E-state index contributed by atoms with van der Waals surface area (Å²) in [5.74, 6) is 6.60. The molecule has 2 unspecified atom stereocenters. The lowest BCUT2D eigenvalue weighted by Crippen LogP contribution is -2.59. The summed E-state index contributed by atoms with van der Waals surface area (Å²) in [5.41, 5.74) is 9.45. The van der Waals surface area contributed by atoms with Gasteiger partial charge in [0, 0.05) is 55.8 Å². The number of hydrogen-bond acceptors (Lipinski definition) is 9. The highest BCUT2D eigenvalue weighted by molar-refractivity contribution is 6.91. The largest absolute Gasteiger partial charge is 0.508 e. The van der Waals surface area contributed by atoms with Crippen molar-refractivity contribution in [3.05, 3.63) is 47.2 Å². The molecule has 6 heterocycles. The number of carbonyl (C=O) groups excluding carboxylic acids is 1. The molecule has 2 atom stereocenters. The number of nitrogens with zero attached hydrogens (tertiary/aromatic N) is 6. The van der Waals surface area contributed by atoms with Gasteiger partial charge in [-0.25, -0.2) is 23.5 Å². The van der Waals surface area contributed by atoms with Crippen molar-refractivity contribution in [3.8, 4) is 39.9 Å². The lowest BCUT2D eigenvalue weighted by molar-refractivity contribution is -0.000717. The first kappa shape index (κ1) is 52.6. The number of piperazine rings is 1. The van der Waals surface area contributed by atoms with Gasteiger partial charge >= 0.3 is 6.09 Å². The van der Waals surface area contributed by atoms with Crippen LogP contribution in [-0.4, -0.2) is 104 Å². The maximum atomic E-state index is 18.6. The Labute approximate surface area is 424 Å². The Morgan fingerprint density at radius 3 is 1.86 bits per heavy atom. The molecule has 4 saturated heterocycles. The zero-order valence-electron chi connectivity index (χ0n) is 45.1. The summed E-state index contributed by atoms with van der Waals surface area (Å²) < 4.78 is 47.0. The fraction of sp³-hybridized carbons (Fsp3) is 0.614. The van der Waals surface area contributed by atoms with Crippen LogP contribution in [0.4, 0.5) is 25.3 Å². The predicted molar refractivity (Wildman–Crippen MR) is 290 cm³/mol. The van der Waals surface area contributed by atoms with Gasteiger partial charge in [-0.3, -0.25) is 4.90 Å². The molecule has 14 heteroatoms. The fourth-order valence-corrected chi connectivity index (χ4v) is 23.8. The molecule has 1 amide bonds. The van der Waals surface area contributed by atoms with Gasteiger partial charge in [-0.2, -0.15) is 4.98 Å². The van der Waals surface area contributed by atoms with Crippen molar-refractivity contribution < 1.29 is 28.2 Å². The SMILES string of the molecule is CC(C)[Si](C#Cc1c(F)ccc2cc(O)cc(-c3nc(C#C[Si](C(C)C)(C(C)C)C(C)C)c4c(N5CC6CCC(C5)N6C(=O)OC(C)(C)C)nc(N5CC6(CCOCC6)C5)nc4c3F)c12)(C(C)C)C(C)C. The average Bonchev–Trinajstić information content (AvgIpc) is 3.54. The molecule has 4 aromatic rings. The Balaban J connectivity index is 1.43. The van der Waals surface area contributed by atoms with Crippen LogP contribution in [0.1, 0.15) is 141 Å². The monoisotopic (exact) mass is 1000 g/mol. The van der Waals surface area contributed by atoms with E-state index in [4.69, 9.17) is 24.4 Å². The standard InChI is InChI=1S/C57H78F2N6O4Si2/c1-34(2)70(35(3)4,36(5)6)26-20-44-46(58)19-16-40-28-43(66)29-45(48(40)44)51-50(59)52-49(47(60-51)21-27-71(37(7)8,38(9)10)39(11)12)53(62-54(61-52)64-32-57(33-64)22-24-68-25-23-57)63-30-41-17-18-42(31-63)65(41)55(67)69-56(13,14)15/h16,19,28-29,34-39,41-42,66H,17-18,22-25,30-33H2,1-15H3. The van der Waals surface area contributed by atoms with Crippen molar-refractivity contribution in [1.29, 1.82) is 0 Å². The van der Waals surface area contributed by atoms with E-state index in [9.17, 15) is 9.90 Å². The smallest absolute Gasteiger partial charge is 0.410 e. The second-order valence-electron chi connectivity index (χ2n) is 24.1. The molecule has 1 N–H and O–H groups in total. The van der Waals surface area contributed by atoms with Crippen LogP contribution in [0.2, 0.25) is 33.2 Å². The molecular formula is C57H78F2N6O4Si2. The van der Waals surface area contributed by atoms with E-state index >= 15 is 8.78 Å². The van der Waals surface area contributed by atoms with Gasteiger partial charge in [0.1, 0.15) is 56.0 Å². The number of ether oxygens (including phenoxy) is 2. The van der Waals surface area contributed by atoms with Crippen LogP contribution in [0.15, 0.2) is 24.3 Å². The highest BCUT2D eigenvalue weighted by atomic mass is 28.3. The number of aromatic nitrogens is 3. The Hall–Kier alpha value is -4.77. The summed E-state index contributed by atoms with van der Waals surface area (Å²) in [6.07, 6.45) is 3.12. The van der Waals surface area contributed by atoms with Gasteiger partial charge < -0.3 is 24.4 Å². The molecule has 1 spiro atoms. The molecule has 4 aliphatic rings. The topological polar surface area (TPSA) is 104 Å². The van der Waals surface area contributed by atoms with Crippen molar-refractivity contribution >= 4 is 55.7 Å². The lowest BCUT2D eigenvalue weighted by Gasteiger charge is -2.52. The van der Waals surface area contributed by atoms with Gasteiger partial charge in [-0.05, 0) is 103 Å². The summed E-state index contributed by atoms with van der Waals surface area (Å²) in [5, 5.41) is 12.8. The molecular weight excluding hydrogens is 927 g/mol. The van der Waals surface area contributed by atoms with Gasteiger partial charge in [-0.15, -0.1) is 11.1 Å². The van der Waals surface area contributed by atoms with Crippen molar-refractivity contribution in [2.75, 3.05) is 49.2 Å². The first-order valence-corrected chi connectivity index (χ1v) is 30.8. The quantitative estimate of drug-likeness (QED) is 0.130. The van der Waals surface area contributed by atoms with Crippen LogP contribution < -0.4 is 9.80 Å². The number of pyridine rings is 1. The molecule has 2 bridgehead atoms. The first-order chi connectivity index (χ1) is 33.3. The molecule has 4 aliphatic heterocycles. The van der Waals surface area contributed by atoms with E-state index in [-0.39, 0.29) is 51.7 Å². The molecule has 0 aliphatic carbocycles. The zero-order valence-corrected chi connectivity index (χ0v) is 47.1. The van der Waals surface area contributed by atoms with Crippen molar-refractivity contribution in [3.63, 3.8) is 0 Å². The van der Waals surface area contributed by atoms with Crippen molar-refractivity contribution in [2.24, 2.45) is 5.41 Å². The molecule has 0 radical (unpaired) electrons. The summed E-state index contributed by atoms with van der Waals surface area (Å²) >= 11 is 0. The minimum Gasteiger partial charge on any atom is -0.508 e. The number of amides is 1. The number of phenolic OH excluding ortho intramolecular Hbond substituents is 1. The minimum atomic E-state index is -2.42. The Morgan fingerprint density at radius 1 is 0.775 bits per heavy atom. The number of hydrogen-bond donors (Lipinski definition) is 1. The molecule has 10 nitrogen and oxygen atoms in total. The van der Waals surface area contributed by atoms with Crippen molar-refractivity contribution in [1.82, 2.24) is 19.9 Å². The Kier molecular flexibility index (Phi) is 14.5. The number of rotatable bonds is 9. The molecule has 2 aromatic heterocycles. The lowest BCUT2D eigenvalue weighted by atomic mass is 9.73. The van der Waals surface area contributed by atoms with E-state index < -0.39 is 33.4 Å².